The lowest BCUT2D eigenvalue weighted by atomic mass is 9.97. The highest BCUT2D eigenvalue weighted by Gasteiger charge is 2.20. The van der Waals surface area contributed by atoms with Crippen LogP contribution in [0.2, 0.25) is 0 Å². The first kappa shape index (κ1) is 12.5. The standard InChI is InChI=1S/C12H17NO3/c1-8(14)13-9-5-6-10(12(2,3)15)11(7-9)16-4/h5-7,15H,1-4H3,(H,13,14). The molecular formula is C12H17NO3. The molecule has 1 aromatic rings. The molecule has 0 radical (unpaired) electrons. The number of amides is 1. The molecule has 0 aliphatic carbocycles. The zero-order chi connectivity index (χ0) is 12.3. The van der Waals surface area contributed by atoms with Crippen LogP contribution in [-0.2, 0) is 10.4 Å². The fourth-order valence-corrected chi connectivity index (χ4v) is 1.48. The average Bonchev–Trinajstić information content (AvgIpc) is 2.14. The first-order valence-electron chi connectivity index (χ1n) is 5.03. The molecule has 0 fully saturated rings. The fraction of sp³-hybridized carbons (Fsp3) is 0.417. The molecule has 0 unspecified atom stereocenters. The minimum Gasteiger partial charge on any atom is -0.496 e. The molecule has 4 heteroatoms. The summed E-state index contributed by atoms with van der Waals surface area (Å²) in [7, 11) is 1.53. The zero-order valence-electron chi connectivity index (χ0n) is 10.00. The number of aliphatic hydroxyl groups is 1. The summed E-state index contributed by atoms with van der Waals surface area (Å²) in [6.07, 6.45) is 0. The number of carbonyl (C=O) groups is 1. The van der Waals surface area contributed by atoms with Crippen LogP contribution in [0.1, 0.15) is 26.3 Å². The minimum absolute atomic E-state index is 0.141. The van der Waals surface area contributed by atoms with Gasteiger partial charge in [0.15, 0.2) is 0 Å². The molecule has 0 aliphatic heterocycles. The molecule has 16 heavy (non-hydrogen) atoms. The van der Waals surface area contributed by atoms with Crippen molar-refractivity contribution >= 4 is 11.6 Å². The molecule has 88 valence electrons. The Hall–Kier alpha value is -1.55. The summed E-state index contributed by atoms with van der Waals surface area (Å²) in [5.41, 5.74) is 0.363. The molecule has 0 saturated carbocycles. The third kappa shape index (κ3) is 2.97. The van der Waals surface area contributed by atoms with Crippen molar-refractivity contribution in [2.24, 2.45) is 0 Å². The van der Waals surface area contributed by atoms with E-state index in [0.29, 0.717) is 17.0 Å². The van der Waals surface area contributed by atoms with Crippen molar-refractivity contribution in [3.8, 4) is 5.75 Å². The summed E-state index contributed by atoms with van der Waals surface area (Å²) in [5.74, 6) is 0.414. The van der Waals surface area contributed by atoms with Gasteiger partial charge in [-0.2, -0.15) is 0 Å². The van der Waals surface area contributed by atoms with Crippen LogP contribution in [0.25, 0.3) is 0 Å². The van der Waals surface area contributed by atoms with E-state index in [9.17, 15) is 9.90 Å². The second kappa shape index (κ2) is 4.53. The van der Waals surface area contributed by atoms with Gasteiger partial charge in [0, 0.05) is 24.2 Å². The quantitative estimate of drug-likeness (QED) is 0.822. The molecular weight excluding hydrogens is 206 g/mol. The Labute approximate surface area is 95.2 Å². The number of nitrogens with one attached hydrogen (secondary N) is 1. The Morgan fingerprint density at radius 3 is 2.50 bits per heavy atom. The van der Waals surface area contributed by atoms with Crippen LogP contribution in [0.15, 0.2) is 18.2 Å². The minimum atomic E-state index is -0.972. The average molecular weight is 223 g/mol. The summed E-state index contributed by atoms with van der Waals surface area (Å²) in [6.45, 7) is 4.81. The second-order valence-electron chi connectivity index (χ2n) is 4.16. The van der Waals surface area contributed by atoms with E-state index in [0.717, 1.165) is 0 Å². The molecule has 0 aromatic heterocycles. The van der Waals surface area contributed by atoms with Gasteiger partial charge in [0.1, 0.15) is 5.75 Å². The van der Waals surface area contributed by atoms with Gasteiger partial charge in [-0.25, -0.2) is 0 Å². The lowest BCUT2D eigenvalue weighted by molar-refractivity contribution is -0.114. The van der Waals surface area contributed by atoms with Gasteiger partial charge in [0.05, 0.1) is 12.7 Å². The van der Waals surface area contributed by atoms with Crippen LogP contribution in [0.3, 0.4) is 0 Å². The number of rotatable bonds is 3. The van der Waals surface area contributed by atoms with Crippen LogP contribution < -0.4 is 10.1 Å². The van der Waals surface area contributed by atoms with Crippen molar-refractivity contribution < 1.29 is 14.6 Å². The van der Waals surface area contributed by atoms with E-state index in [2.05, 4.69) is 5.32 Å². The molecule has 4 nitrogen and oxygen atoms in total. The number of benzene rings is 1. The van der Waals surface area contributed by atoms with E-state index in [-0.39, 0.29) is 5.91 Å². The van der Waals surface area contributed by atoms with E-state index < -0.39 is 5.60 Å². The normalized spacial score (nSPS) is 11.1. The van der Waals surface area contributed by atoms with Gasteiger partial charge in [-0.1, -0.05) is 6.07 Å². The molecule has 0 saturated heterocycles. The van der Waals surface area contributed by atoms with Gasteiger partial charge >= 0.3 is 0 Å². The van der Waals surface area contributed by atoms with Crippen LogP contribution in [-0.4, -0.2) is 18.1 Å². The molecule has 0 spiro atoms. The van der Waals surface area contributed by atoms with E-state index >= 15 is 0 Å². The highest BCUT2D eigenvalue weighted by atomic mass is 16.5. The van der Waals surface area contributed by atoms with Gasteiger partial charge in [-0.05, 0) is 19.9 Å². The van der Waals surface area contributed by atoms with Crippen molar-refractivity contribution in [1.29, 1.82) is 0 Å². The number of anilines is 1. The summed E-state index contributed by atoms with van der Waals surface area (Å²) < 4.78 is 5.18. The molecule has 0 bridgehead atoms. The van der Waals surface area contributed by atoms with Crippen molar-refractivity contribution in [1.82, 2.24) is 0 Å². The van der Waals surface area contributed by atoms with Crippen molar-refractivity contribution in [3.05, 3.63) is 23.8 Å². The number of hydrogen-bond acceptors (Lipinski definition) is 3. The predicted octanol–water partition coefficient (Wildman–Crippen LogP) is 1.88. The van der Waals surface area contributed by atoms with Gasteiger partial charge in [0.2, 0.25) is 5.91 Å². The maximum Gasteiger partial charge on any atom is 0.221 e. The van der Waals surface area contributed by atoms with Gasteiger partial charge in [0.25, 0.3) is 0 Å². The summed E-state index contributed by atoms with van der Waals surface area (Å²) in [5, 5.41) is 12.6. The van der Waals surface area contributed by atoms with Crippen molar-refractivity contribution in [3.63, 3.8) is 0 Å². The third-order valence-electron chi connectivity index (χ3n) is 2.18. The highest BCUT2D eigenvalue weighted by molar-refractivity contribution is 5.88. The maximum absolute atomic E-state index is 10.9. The Balaban J connectivity index is 3.12. The first-order valence-corrected chi connectivity index (χ1v) is 5.03. The van der Waals surface area contributed by atoms with Gasteiger partial charge in [-0.3, -0.25) is 4.79 Å². The summed E-state index contributed by atoms with van der Waals surface area (Å²) in [4.78, 5) is 10.9. The Morgan fingerprint density at radius 2 is 2.06 bits per heavy atom. The number of carbonyl (C=O) groups excluding carboxylic acids is 1. The van der Waals surface area contributed by atoms with Crippen LogP contribution >= 0.6 is 0 Å². The fourth-order valence-electron chi connectivity index (χ4n) is 1.48. The molecule has 2 N–H and O–H groups in total. The first-order chi connectivity index (χ1) is 7.34. The lowest BCUT2D eigenvalue weighted by Crippen LogP contribution is -2.17. The van der Waals surface area contributed by atoms with Crippen LogP contribution in [0.5, 0.6) is 5.75 Å². The van der Waals surface area contributed by atoms with Crippen LogP contribution in [0.4, 0.5) is 5.69 Å². The molecule has 0 aliphatic rings. The Kier molecular flexibility index (Phi) is 3.55. The number of hydrogen-bond donors (Lipinski definition) is 2. The molecule has 0 heterocycles. The molecule has 1 rings (SSSR count). The molecule has 0 atom stereocenters. The number of ether oxygens (including phenoxy) is 1. The Bertz CT molecular complexity index is 394. The lowest BCUT2D eigenvalue weighted by Gasteiger charge is -2.21. The van der Waals surface area contributed by atoms with Gasteiger partial charge in [-0.15, -0.1) is 0 Å². The van der Waals surface area contributed by atoms with Crippen molar-refractivity contribution in [2.75, 3.05) is 12.4 Å². The van der Waals surface area contributed by atoms with Gasteiger partial charge < -0.3 is 15.2 Å². The predicted molar refractivity (Wildman–Crippen MR) is 62.5 cm³/mol. The maximum atomic E-state index is 10.9. The SMILES string of the molecule is COc1cc(NC(C)=O)ccc1C(C)(C)O. The largest absolute Gasteiger partial charge is 0.496 e. The monoisotopic (exact) mass is 223 g/mol. The van der Waals surface area contributed by atoms with E-state index in [1.807, 2.05) is 0 Å². The molecule has 1 amide bonds. The highest BCUT2D eigenvalue weighted by Crippen LogP contribution is 2.31. The Morgan fingerprint density at radius 1 is 1.44 bits per heavy atom. The summed E-state index contributed by atoms with van der Waals surface area (Å²) >= 11 is 0. The molecule has 1 aromatic carbocycles. The van der Waals surface area contributed by atoms with Crippen molar-refractivity contribution in [2.45, 2.75) is 26.4 Å². The smallest absolute Gasteiger partial charge is 0.221 e. The second-order valence-corrected chi connectivity index (χ2v) is 4.16. The number of methoxy groups -OCH3 is 1. The third-order valence-corrected chi connectivity index (χ3v) is 2.18. The van der Waals surface area contributed by atoms with E-state index in [1.165, 1.54) is 14.0 Å². The topological polar surface area (TPSA) is 58.6 Å². The van der Waals surface area contributed by atoms with Crippen LogP contribution in [0, 0.1) is 0 Å². The zero-order valence-corrected chi connectivity index (χ0v) is 10.00. The summed E-state index contributed by atoms with van der Waals surface area (Å²) in [6, 6.07) is 5.16. The van der Waals surface area contributed by atoms with E-state index in [4.69, 9.17) is 4.74 Å². The van der Waals surface area contributed by atoms with E-state index in [1.54, 1.807) is 32.0 Å².